The minimum Gasteiger partial charge on any atom is -0.385 e. The van der Waals surface area contributed by atoms with E-state index in [1.165, 1.54) is 0 Å². The number of pyridine rings is 1. The molecule has 2 aromatic heterocycles. The molecule has 0 aromatic carbocycles. The number of aryl methyl sites for hydroxylation is 1. The van der Waals surface area contributed by atoms with Gasteiger partial charge in [0.1, 0.15) is 17.4 Å². The number of nitrogens with zero attached hydrogens (tertiary/aromatic N) is 3. The number of hydrogen-bond acceptors (Lipinski definition) is 4. The number of rotatable bonds is 3. The van der Waals surface area contributed by atoms with Crippen LogP contribution >= 0.6 is 0 Å². The molecule has 0 radical (unpaired) electrons. The summed E-state index contributed by atoms with van der Waals surface area (Å²) < 4.78 is 1.80. The van der Waals surface area contributed by atoms with E-state index in [0.29, 0.717) is 18.8 Å². The van der Waals surface area contributed by atoms with Crippen LogP contribution in [0.4, 0.5) is 0 Å². The average molecular weight is 206 g/mol. The van der Waals surface area contributed by atoms with Crippen molar-refractivity contribution in [3.63, 3.8) is 0 Å². The summed E-state index contributed by atoms with van der Waals surface area (Å²) in [6.45, 7) is 0.442. The third-order valence-corrected chi connectivity index (χ3v) is 2.40. The van der Waals surface area contributed by atoms with Gasteiger partial charge in [-0.25, -0.2) is 9.97 Å². The molecule has 0 bridgehead atoms. The lowest BCUT2D eigenvalue weighted by Crippen LogP contribution is -2.11. The molecule has 0 amide bonds. The molecule has 3 N–H and O–H groups in total. The van der Waals surface area contributed by atoms with Crippen LogP contribution in [0.2, 0.25) is 0 Å². The van der Waals surface area contributed by atoms with E-state index >= 15 is 0 Å². The first kappa shape index (κ1) is 10.1. The van der Waals surface area contributed by atoms with Crippen LogP contribution in [0.25, 0.3) is 11.2 Å². The van der Waals surface area contributed by atoms with Crippen molar-refractivity contribution in [1.82, 2.24) is 14.5 Å². The maximum Gasteiger partial charge on any atom is 0.159 e. The fraction of sp³-hybridized carbons (Fsp3) is 0.400. The Hall–Kier alpha value is -1.46. The molecule has 2 heterocycles. The van der Waals surface area contributed by atoms with E-state index in [1.54, 1.807) is 10.8 Å². The lowest BCUT2D eigenvalue weighted by atomic mass is 10.2. The van der Waals surface area contributed by atoms with Crippen LogP contribution < -0.4 is 5.73 Å². The molecule has 0 aliphatic rings. The first-order valence-corrected chi connectivity index (χ1v) is 4.89. The molecule has 0 spiro atoms. The van der Waals surface area contributed by atoms with Crippen molar-refractivity contribution in [3.8, 4) is 0 Å². The van der Waals surface area contributed by atoms with Crippen LogP contribution in [0, 0.1) is 0 Å². The Morgan fingerprint density at radius 3 is 3.07 bits per heavy atom. The molecule has 0 fully saturated rings. The van der Waals surface area contributed by atoms with Crippen LogP contribution in [-0.4, -0.2) is 26.2 Å². The highest BCUT2D eigenvalue weighted by molar-refractivity contribution is 5.71. The Labute approximate surface area is 87.6 Å². The lowest BCUT2D eigenvalue weighted by Gasteiger charge is -2.08. The molecular formula is C10H14N4O. The van der Waals surface area contributed by atoms with E-state index in [9.17, 15) is 5.11 Å². The Kier molecular flexibility index (Phi) is 2.66. The van der Waals surface area contributed by atoms with Gasteiger partial charge in [-0.1, -0.05) is 0 Å². The smallest absolute Gasteiger partial charge is 0.159 e. The summed E-state index contributed by atoms with van der Waals surface area (Å²) in [5.41, 5.74) is 6.98. The maximum absolute atomic E-state index is 9.81. The van der Waals surface area contributed by atoms with Crippen molar-refractivity contribution >= 4 is 11.2 Å². The van der Waals surface area contributed by atoms with Gasteiger partial charge in [0.25, 0.3) is 0 Å². The van der Waals surface area contributed by atoms with Crippen LogP contribution in [0.1, 0.15) is 18.3 Å². The largest absolute Gasteiger partial charge is 0.385 e. The molecule has 0 saturated heterocycles. The zero-order valence-electron chi connectivity index (χ0n) is 8.59. The molecule has 2 rings (SSSR count). The van der Waals surface area contributed by atoms with Gasteiger partial charge >= 0.3 is 0 Å². The molecule has 0 aliphatic carbocycles. The highest BCUT2D eigenvalue weighted by Gasteiger charge is 2.15. The monoisotopic (exact) mass is 206 g/mol. The fourth-order valence-electron chi connectivity index (χ4n) is 1.63. The third kappa shape index (κ3) is 1.71. The van der Waals surface area contributed by atoms with Gasteiger partial charge in [0.05, 0.1) is 0 Å². The Balaban J connectivity index is 2.48. The predicted molar refractivity (Wildman–Crippen MR) is 57.1 cm³/mol. The van der Waals surface area contributed by atoms with E-state index in [-0.39, 0.29) is 0 Å². The van der Waals surface area contributed by atoms with Crippen LogP contribution in [-0.2, 0) is 7.05 Å². The van der Waals surface area contributed by atoms with Crippen molar-refractivity contribution in [2.24, 2.45) is 12.8 Å². The molecule has 2 aromatic rings. The average Bonchev–Trinajstić information content (AvgIpc) is 2.57. The number of aliphatic hydroxyl groups is 1. The highest BCUT2D eigenvalue weighted by Crippen LogP contribution is 2.19. The number of aliphatic hydroxyl groups excluding tert-OH is 1. The van der Waals surface area contributed by atoms with Gasteiger partial charge < -0.3 is 15.4 Å². The number of hydrogen-bond donors (Lipinski definition) is 2. The van der Waals surface area contributed by atoms with Gasteiger partial charge in [-0.15, -0.1) is 0 Å². The number of imidazole rings is 1. The zero-order chi connectivity index (χ0) is 10.8. The van der Waals surface area contributed by atoms with Gasteiger partial charge in [-0.2, -0.15) is 0 Å². The highest BCUT2D eigenvalue weighted by atomic mass is 16.3. The van der Waals surface area contributed by atoms with Crippen molar-refractivity contribution < 1.29 is 5.11 Å². The van der Waals surface area contributed by atoms with Crippen LogP contribution in [0.5, 0.6) is 0 Å². The lowest BCUT2D eigenvalue weighted by molar-refractivity contribution is 0.157. The quantitative estimate of drug-likeness (QED) is 0.759. The van der Waals surface area contributed by atoms with Crippen molar-refractivity contribution in [1.29, 1.82) is 0 Å². The molecular weight excluding hydrogens is 192 g/mol. The Morgan fingerprint density at radius 1 is 1.60 bits per heavy atom. The number of nitrogens with two attached hydrogens (primary N) is 1. The second kappa shape index (κ2) is 3.96. The SMILES string of the molecule is Cn1c(C(O)CCN)nc2cccnc21. The van der Waals surface area contributed by atoms with Gasteiger partial charge in [-0.05, 0) is 25.1 Å². The van der Waals surface area contributed by atoms with Gasteiger partial charge in [0.15, 0.2) is 5.65 Å². The van der Waals surface area contributed by atoms with Gasteiger partial charge in [0, 0.05) is 13.2 Å². The molecule has 5 heteroatoms. The van der Waals surface area contributed by atoms with Gasteiger partial charge in [0.2, 0.25) is 0 Å². The summed E-state index contributed by atoms with van der Waals surface area (Å²) in [4.78, 5) is 8.53. The second-order valence-electron chi connectivity index (χ2n) is 3.47. The van der Waals surface area contributed by atoms with Crippen molar-refractivity contribution in [3.05, 3.63) is 24.2 Å². The van der Waals surface area contributed by atoms with Crippen LogP contribution in [0.15, 0.2) is 18.3 Å². The summed E-state index contributed by atoms with van der Waals surface area (Å²) in [6, 6.07) is 3.70. The first-order valence-electron chi connectivity index (χ1n) is 4.89. The van der Waals surface area contributed by atoms with E-state index in [0.717, 1.165) is 11.2 Å². The molecule has 0 aliphatic heterocycles. The van der Waals surface area contributed by atoms with E-state index in [2.05, 4.69) is 9.97 Å². The van der Waals surface area contributed by atoms with Crippen molar-refractivity contribution in [2.75, 3.05) is 6.54 Å². The molecule has 5 nitrogen and oxygen atoms in total. The van der Waals surface area contributed by atoms with Crippen LogP contribution in [0.3, 0.4) is 0 Å². The summed E-state index contributed by atoms with van der Waals surface area (Å²) >= 11 is 0. The molecule has 80 valence electrons. The van der Waals surface area contributed by atoms with E-state index in [1.807, 2.05) is 19.2 Å². The number of fused-ring (bicyclic) bond motifs is 1. The second-order valence-corrected chi connectivity index (χ2v) is 3.47. The minimum absolute atomic E-state index is 0.442. The Morgan fingerprint density at radius 2 is 2.40 bits per heavy atom. The standard InChI is InChI=1S/C10H14N4O/c1-14-9-7(3-2-6-12-9)13-10(14)8(15)4-5-11/h2-3,6,8,15H,4-5,11H2,1H3. The molecule has 15 heavy (non-hydrogen) atoms. The molecule has 1 unspecified atom stereocenters. The maximum atomic E-state index is 9.81. The predicted octanol–water partition coefficient (Wildman–Crippen LogP) is 0.350. The van der Waals surface area contributed by atoms with E-state index in [4.69, 9.17) is 5.73 Å². The third-order valence-electron chi connectivity index (χ3n) is 2.40. The van der Waals surface area contributed by atoms with E-state index < -0.39 is 6.10 Å². The summed E-state index contributed by atoms with van der Waals surface area (Å²) in [5, 5.41) is 9.81. The summed E-state index contributed by atoms with van der Waals surface area (Å²) in [7, 11) is 1.84. The normalized spacial score (nSPS) is 13.3. The summed E-state index contributed by atoms with van der Waals surface area (Å²) in [6.07, 6.45) is 1.61. The molecule has 0 saturated carbocycles. The Bertz CT molecular complexity index is 465. The fourth-order valence-corrected chi connectivity index (χ4v) is 1.63. The summed E-state index contributed by atoms with van der Waals surface area (Å²) in [5.74, 6) is 0.620. The molecule has 1 atom stereocenters. The van der Waals surface area contributed by atoms with Gasteiger partial charge in [-0.3, -0.25) is 0 Å². The minimum atomic E-state index is -0.616. The topological polar surface area (TPSA) is 77.0 Å². The first-order chi connectivity index (χ1) is 7.24. The van der Waals surface area contributed by atoms with Crippen molar-refractivity contribution in [2.45, 2.75) is 12.5 Å². The zero-order valence-corrected chi connectivity index (χ0v) is 8.59. The number of aromatic nitrogens is 3.